The van der Waals surface area contributed by atoms with Crippen molar-refractivity contribution in [3.05, 3.63) is 66.0 Å². The Morgan fingerprint density at radius 1 is 1.22 bits per heavy atom. The second kappa shape index (κ2) is 9.23. The molecule has 2 N–H and O–H groups in total. The second-order valence-electron chi connectivity index (χ2n) is 5.94. The van der Waals surface area contributed by atoms with Crippen LogP contribution in [0.1, 0.15) is 30.0 Å². The van der Waals surface area contributed by atoms with Gasteiger partial charge >= 0.3 is 0 Å². The normalized spacial score (nSPS) is 11.8. The monoisotopic (exact) mass is 382 g/mol. The van der Waals surface area contributed by atoms with Gasteiger partial charge in [-0.3, -0.25) is 9.89 Å². The molecule has 1 amide bonds. The van der Waals surface area contributed by atoms with Gasteiger partial charge in [0.25, 0.3) is 0 Å². The number of anilines is 1. The molecule has 1 atom stereocenters. The van der Waals surface area contributed by atoms with Crippen molar-refractivity contribution in [1.29, 1.82) is 0 Å². The third-order valence-electron chi connectivity index (χ3n) is 3.90. The molecule has 7 heteroatoms. The standard InChI is InChI=1S/C20H22N4O2S/c1-3-8-17-22-20(24-23-17)27-18(14-9-5-4-6-10-14)19(25)21-15-11-7-12-16(13-15)26-2/h4-7,9-13,18H,3,8H2,1-2H3,(H,21,25)(H,22,23,24). The Morgan fingerprint density at radius 3 is 2.78 bits per heavy atom. The molecule has 0 bridgehead atoms. The Balaban J connectivity index is 1.81. The highest BCUT2D eigenvalue weighted by molar-refractivity contribution is 8.00. The van der Waals surface area contributed by atoms with Crippen molar-refractivity contribution in [2.45, 2.75) is 30.2 Å². The number of aryl methyl sites for hydroxylation is 1. The number of carbonyl (C=O) groups excluding carboxylic acids is 1. The van der Waals surface area contributed by atoms with Crippen LogP contribution in [0.3, 0.4) is 0 Å². The summed E-state index contributed by atoms with van der Waals surface area (Å²) in [4.78, 5) is 17.5. The molecule has 3 aromatic rings. The third kappa shape index (κ3) is 5.10. The number of nitrogens with zero attached hydrogens (tertiary/aromatic N) is 2. The molecule has 6 nitrogen and oxygen atoms in total. The van der Waals surface area contributed by atoms with E-state index in [4.69, 9.17) is 4.74 Å². The van der Waals surface area contributed by atoms with E-state index >= 15 is 0 Å². The molecule has 0 aliphatic rings. The molecule has 1 unspecified atom stereocenters. The number of carbonyl (C=O) groups is 1. The minimum atomic E-state index is -0.470. The molecule has 0 aliphatic heterocycles. The lowest BCUT2D eigenvalue weighted by Crippen LogP contribution is -2.19. The molecule has 1 heterocycles. The first-order chi connectivity index (χ1) is 13.2. The molecule has 2 aromatic carbocycles. The summed E-state index contributed by atoms with van der Waals surface area (Å²) in [6.07, 6.45) is 1.82. The predicted octanol–water partition coefficient (Wildman–Crippen LogP) is 4.24. The fourth-order valence-electron chi connectivity index (χ4n) is 2.59. The summed E-state index contributed by atoms with van der Waals surface area (Å²) in [6.45, 7) is 2.09. The second-order valence-corrected chi connectivity index (χ2v) is 7.02. The first-order valence-electron chi connectivity index (χ1n) is 8.77. The van der Waals surface area contributed by atoms with E-state index in [9.17, 15) is 4.79 Å². The van der Waals surface area contributed by atoms with E-state index in [1.165, 1.54) is 11.8 Å². The van der Waals surface area contributed by atoms with Crippen LogP contribution >= 0.6 is 11.8 Å². The number of aromatic nitrogens is 3. The van der Waals surface area contributed by atoms with Gasteiger partial charge in [-0.25, -0.2) is 4.98 Å². The van der Waals surface area contributed by atoms with E-state index in [0.29, 0.717) is 16.6 Å². The quantitative estimate of drug-likeness (QED) is 0.570. The van der Waals surface area contributed by atoms with E-state index in [-0.39, 0.29) is 5.91 Å². The number of methoxy groups -OCH3 is 1. The number of H-pyrrole nitrogens is 1. The van der Waals surface area contributed by atoms with Crippen LogP contribution in [0.4, 0.5) is 5.69 Å². The highest BCUT2D eigenvalue weighted by atomic mass is 32.2. The maximum absolute atomic E-state index is 13.0. The third-order valence-corrected chi connectivity index (χ3v) is 5.01. The fourth-order valence-corrected chi connectivity index (χ4v) is 3.53. The van der Waals surface area contributed by atoms with Crippen LogP contribution in [0.5, 0.6) is 5.75 Å². The Morgan fingerprint density at radius 2 is 2.04 bits per heavy atom. The Kier molecular flexibility index (Phi) is 6.49. The van der Waals surface area contributed by atoms with Gasteiger partial charge in [-0.05, 0) is 24.1 Å². The van der Waals surface area contributed by atoms with E-state index in [0.717, 1.165) is 24.2 Å². The van der Waals surface area contributed by atoms with Crippen molar-refractivity contribution < 1.29 is 9.53 Å². The molecule has 0 spiro atoms. The summed E-state index contributed by atoms with van der Waals surface area (Å²) in [6, 6.07) is 16.9. The van der Waals surface area contributed by atoms with Crippen molar-refractivity contribution in [3.8, 4) is 5.75 Å². The molecule has 0 fully saturated rings. The molecular formula is C20H22N4O2S. The Bertz CT molecular complexity index is 882. The molecule has 0 saturated heterocycles. The number of ether oxygens (including phenoxy) is 1. The van der Waals surface area contributed by atoms with Crippen molar-refractivity contribution in [2.24, 2.45) is 0 Å². The largest absolute Gasteiger partial charge is 0.497 e. The van der Waals surface area contributed by atoms with Gasteiger partial charge < -0.3 is 10.1 Å². The Hall–Kier alpha value is -2.80. The lowest BCUT2D eigenvalue weighted by Gasteiger charge is -2.15. The van der Waals surface area contributed by atoms with Crippen LogP contribution in [0.2, 0.25) is 0 Å². The molecule has 0 aliphatic carbocycles. The Labute approximate surface area is 162 Å². The molecule has 1 aromatic heterocycles. The fraction of sp³-hybridized carbons (Fsp3) is 0.250. The SMILES string of the molecule is CCCc1nc(SC(C(=O)Nc2cccc(OC)c2)c2ccccc2)n[nH]1. The highest BCUT2D eigenvalue weighted by Gasteiger charge is 2.24. The smallest absolute Gasteiger partial charge is 0.242 e. The number of hydrogen-bond acceptors (Lipinski definition) is 5. The van der Waals surface area contributed by atoms with Crippen molar-refractivity contribution >= 4 is 23.4 Å². The average molecular weight is 382 g/mol. The average Bonchev–Trinajstić information content (AvgIpc) is 3.14. The zero-order valence-electron chi connectivity index (χ0n) is 15.3. The summed E-state index contributed by atoms with van der Waals surface area (Å²) in [5, 5.41) is 10.2. The molecule has 27 heavy (non-hydrogen) atoms. The topological polar surface area (TPSA) is 79.9 Å². The molecule has 140 valence electrons. The van der Waals surface area contributed by atoms with Gasteiger partial charge in [0.05, 0.1) is 7.11 Å². The molecule has 0 saturated carbocycles. The number of benzene rings is 2. The summed E-state index contributed by atoms with van der Waals surface area (Å²) in [5.41, 5.74) is 1.58. The summed E-state index contributed by atoms with van der Waals surface area (Å²) in [5.74, 6) is 1.39. The van der Waals surface area contributed by atoms with Crippen LogP contribution in [-0.4, -0.2) is 28.2 Å². The van der Waals surface area contributed by atoms with Crippen LogP contribution in [0.15, 0.2) is 59.8 Å². The molecule has 3 rings (SSSR count). The lowest BCUT2D eigenvalue weighted by molar-refractivity contribution is -0.115. The zero-order chi connectivity index (χ0) is 19.1. The maximum atomic E-state index is 13.0. The summed E-state index contributed by atoms with van der Waals surface area (Å²) >= 11 is 1.33. The van der Waals surface area contributed by atoms with Gasteiger partial charge in [-0.1, -0.05) is 55.1 Å². The van der Waals surface area contributed by atoms with Crippen molar-refractivity contribution in [2.75, 3.05) is 12.4 Å². The number of nitrogens with one attached hydrogen (secondary N) is 2. The predicted molar refractivity (Wildman–Crippen MR) is 107 cm³/mol. The number of thioether (sulfide) groups is 1. The van der Waals surface area contributed by atoms with Gasteiger partial charge in [0, 0.05) is 18.2 Å². The first kappa shape index (κ1) is 19.0. The van der Waals surface area contributed by atoms with Gasteiger partial charge in [0.1, 0.15) is 16.8 Å². The van der Waals surface area contributed by atoms with Gasteiger partial charge in [-0.15, -0.1) is 5.10 Å². The van der Waals surface area contributed by atoms with E-state index in [1.807, 2.05) is 48.5 Å². The van der Waals surface area contributed by atoms with Gasteiger partial charge in [-0.2, -0.15) is 0 Å². The minimum Gasteiger partial charge on any atom is -0.497 e. The van der Waals surface area contributed by atoms with Gasteiger partial charge in [0.2, 0.25) is 11.1 Å². The lowest BCUT2D eigenvalue weighted by atomic mass is 10.1. The van der Waals surface area contributed by atoms with Crippen molar-refractivity contribution in [3.63, 3.8) is 0 Å². The van der Waals surface area contributed by atoms with Crippen LogP contribution < -0.4 is 10.1 Å². The van der Waals surface area contributed by atoms with E-state index < -0.39 is 5.25 Å². The molecular weight excluding hydrogens is 360 g/mol. The molecule has 0 radical (unpaired) electrons. The first-order valence-corrected chi connectivity index (χ1v) is 9.65. The summed E-state index contributed by atoms with van der Waals surface area (Å²) < 4.78 is 5.22. The van der Waals surface area contributed by atoms with Crippen LogP contribution in [0.25, 0.3) is 0 Å². The maximum Gasteiger partial charge on any atom is 0.242 e. The zero-order valence-corrected chi connectivity index (χ0v) is 16.1. The number of rotatable bonds is 8. The number of aromatic amines is 1. The van der Waals surface area contributed by atoms with Crippen molar-refractivity contribution in [1.82, 2.24) is 15.2 Å². The van der Waals surface area contributed by atoms with Crippen LogP contribution in [-0.2, 0) is 11.2 Å². The minimum absolute atomic E-state index is 0.138. The number of amides is 1. The van der Waals surface area contributed by atoms with Crippen LogP contribution in [0, 0.1) is 0 Å². The van der Waals surface area contributed by atoms with Gasteiger partial charge in [0.15, 0.2) is 0 Å². The van der Waals surface area contributed by atoms with E-state index in [1.54, 1.807) is 13.2 Å². The number of hydrogen-bond donors (Lipinski definition) is 2. The van der Waals surface area contributed by atoms with E-state index in [2.05, 4.69) is 27.4 Å². The highest BCUT2D eigenvalue weighted by Crippen LogP contribution is 2.34. The summed E-state index contributed by atoms with van der Waals surface area (Å²) in [7, 11) is 1.60.